The van der Waals surface area contributed by atoms with Crippen LogP contribution < -0.4 is 0 Å². The molecule has 0 aliphatic rings. The van der Waals surface area contributed by atoms with E-state index in [9.17, 15) is 43.5 Å². The Bertz CT molecular complexity index is 2470. The van der Waals surface area contributed by atoms with E-state index in [1.807, 2.05) is 18.2 Å². The number of unbranched alkanes of at least 4 members (excludes halogenated alkanes) is 23. The first kappa shape index (κ1) is 96.2. The highest BCUT2D eigenvalue weighted by Crippen LogP contribution is 2.45. The van der Waals surface area contributed by atoms with Crippen LogP contribution in [0.15, 0.2) is 158 Å². The fraction of sp³-hybridized carbons (Fsp3) is 0.651. The molecule has 0 aromatic carbocycles. The maximum absolute atomic E-state index is 12.9. The van der Waals surface area contributed by atoms with E-state index in [-0.39, 0.29) is 19.3 Å². The Morgan fingerprint density at radius 2 is 0.545 bits per heavy atom. The fourth-order valence-electron chi connectivity index (χ4n) is 9.89. The molecule has 0 saturated carbocycles. The van der Waals surface area contributed by atoms with Gasteiger partial charge in [0.05, 0.1) is 26.4 Å². The number of carbonyl (C=O) groups is 3. The van der Waals surface area contributed by atoms with E-state index < -0.39 is 91.5 Å². The normalized spacial score (nSPS) is 14.9. The van der Waals surface area contributed by atoms with Gasteiger partial charge in [-0.3, -0.25) is 32.5 Å². The summed E-state index contributed by atoms with van der Waals surface area (Å²) >= 11 is 0. The summed E-state index contributed by atoms with van der Waals surface area (Å²) in [5.74, 6) is -1.69. The van der Waals surface area contributed by atoms with Gasteiger partial charge in [-0.25, -0.2) is 9.13 Å². The molecular formula is C83H138O16P2. The standard InChI is InChI=1S/C83H138O16P2/c1-4-7-10-13-16-19-22-25-27-29-31-32-33-34-35-36-37-38-39-40-41-42-43-44-46-48-49-52-54-57-60-63-66-69-81(86)93-72-78(84)73-95-100(89,90)96-74-79(85)75-97-101(91,92)98-77-80(99-83(88)71-68-65-62-59-56-51-24-21-18-15-12-9-6-3)76-94-82(87)70-67-64-61-58-55-53-50-47-45-30-28-26-23-20-17-14-11-8-5-2/h7-8,10-11,16-17,19-21,24-28,31-32,34-35,37-38,45,47,53,55,61,64,78-80,84-85H,4-6,9,12-15,18,22-23,29-30,33,36,39-44,46,48-52,54,56-60,62-63,65-77H2,1-3H3,(H,89,90)(H,91,92)/b10-7-,11-8-,19-16-,20-17-,24-21-,27-25-,28-26-,32-31-,35-34-,38-37-,47-45-,55-53-,64-61-. The maximum atomic E-state index is 12.9. The molecule has 0 rings (SSSR count). The quantitative estimate of drug-likeness (QED) is 0.0146. The van der Waals surface area contributed by atoms with Crippen LogP contribution in [-0.4, -0.2) is 95.9 Å². The Labute approximate surface area is 612 Å². The minimum absolute atomic E-state index is 0.0402. The molecule has 576 valence electrons. The third kappa shape index (κ3) is 76.1. The zero-order valence-corrected chi connectivity index (χ0v) is 64.6. The molecule has 0 amide bonds. The molecule has 0 aromatic rings. The average molecular weight is 1450 g/mol. The molecule has 4 N–H and O–H groups in total. The van der Waals surface area contributed by atoms with Crippen molar-refractivity contribution in [1.82, 2.24) is 0 Å². The Hall–Kier alpha value is -4.83. The molecule has 0 fully saturated rings. The number of aliphatic hydroxyl groups is 2. The number of carbonyl (C=O) groups excluding carboxylic acids is 3. The molecule has 0 bridgehead atoms. The van der Waals surface area contributed by atoms with Crippen molar-refractivity contribution in [2.75, 3.05) is 39.6 Å². The third-order valence-electron chi connectivity index (χ3n) is 15.7. The van der Waals surface area contributed by atoms with Gasteiger partial charge in [-0.1, -0.05) is 294 Å². The number of aliphatic hydroxyl groups excluding tert-OH is 2. The molecule has 0 aliphatic heterocycles. The summed E-state index contributed by atoms with van der Waals surface area (Å²) < 4.78 is 60.9. The summed E-state index contributed by atoms with van der Waals surface area (Å²) in [6, 6.07) is 0. The Morgan fingerprint density at radius 1 is 0.287 bits per heavy atom. The highest BCUT2D eigenvalue weighted by Gasteiger charge is 2.29. The third-order valence-corrected chi connectivity index (χ3v) is 17.6. The summed E-state index contributed by atoms with van der Waals surface area (Å²) in [5.41, 5.74) is 0. The SMILES string of the molecule is CC/C=C\C/C=C\C/C=C\C/C=C\C/C=C\C/C=C\CCCCCCCCCCCCCCCCC(=O)OCC(O)COP(=O)(O)OCC(O)COP(=O)(O)OCC(COC(=O)CC/C=C\C/C=C\C/C=C\C/C=C\C/C=C\C/C=C\CC)OC(=O)CCCCCCC/C=C\CCCCCC. The molecule has 0 radical (unpaired) electrons. The van der Waals surface area contributed by atoms with Crippen LogP contribution in [0.1, 0.15) is 290 Å². The zero-order valence-electron chi connectivity index (χ0n) is 62.8. The smallest absolute Gasteiger partial charge is 0.463 e. The van der Waals surface area contributed by atoms with Crippen LogP contribution in [0, 0.1) is 0 Å². The molecule has 16 nitrogen and oxygen atoms in total. The molecule has 5 unspecified atom stereocenters. The van der Waals surface area contributed by atoms with E-state index in [4.69, 9.17) is 32.3 Å². The summed E-state index contributed by atoms with van der Waals surface area (Å²) in [6.07, 6.45) is 93.3. The van der Waals surface area contributed by atoms with E-state index in [0.717, 1.165) is 135 Å². The van der Waals surface area contributed by atoms with E-state index in [2.05, 4.69) is 161 Å². The van der Waals surface area contributed by atoms with Crippen molar-refractivity contribution in [3.05, 3.63) is 158 Å². The summed E-state index contributed by atoms with van der Waals surface area (Å²) in [7, 11) is -9.81. The summed E-state index contributed by atoms with van der Waals surface area (Å²) in [5, 5.41) is 20.6. The Kier molecular flexibility index (Phi) is 71.3. The lowest BCUT2D eigenvalue weighted by Gasteiger charge is -2.21. The van der Waals surface area contributed by atoms with Gasteiger partial charge in [-0.15, -0.1) is 0 Å². The van der Waals surface area contributed by atoms with Crippen molar-refractivity contribution < 1.29 is 75.8 Å². The average Bonchev–Trinajstić information content (AvgIpc) is 0.933. The van der Waals surface area contributed by atoms with Crippen molar-refractivity contribution >= 4 is 33.6 Å². The van der Waals surface area contributed by atoms with Crippen LogP contribution in [0.25, 0.3) is 0 Å². The van der Waals surface area contributed by atoms with Crippen molar-refractivity contribution in [2.45, 2.75) is 309 Å². The van der Waals surface area contributed by atoms with Crippen LogP contribution in [0.3, 0.4) is 0 Å². The second kappa shape index (κ2) is 74.9. The van der Waals surface area contributed by atoms with Gasteiger partial charge in [0, 0.05) is 19.3 Å². The predicted octanol–water partition coefficient (Wildman–Crippen LogP) is 22.6. The minimum atomic E-state index is -4.95. The molecule has 0 saturated heterocycles. The zero-order chi connectivity index (χ0) is 73.7. The molecule has 5 atom stereocenters. The highest BCUT2D eigenvalue weighted by atomic mass is 31.2. The largest absolute Gasteiger partial charge is 0.472 e. The van der Waals surface area contributed by atoms with E-state index in [0.29, 0.717) is 25.7 Å². The monoisotopic (exact) mass is 1450 g/mol. The molecule has 0 aliphatic carbocycles. The van der Waals surface area contributed by atoms with Gasteiger partial charge in [0.1, 0.15) is 25.4 Å². The van der Waals surface area contributed by atoms with Crippen molar-refractivity contribution in [3.63, 3.8) is 0 Å². The van der Waals surface area contributed by atoms with Crippen LogP contribution in [0.5, 0.6) is 0 Å². The van der Waals surface area contributed by atoms with Gasteiger partial charge in [0.2, 0.25) is 0 Å². The van der Waals surface area contributed by atoms with Crippen molar-refractivity contribution in [2.24, 2.45) is 0 Å². The van der Waals surface area contributed by atoms with Gasteiger partial charge in [0.25, 0.3) is 0 Å². The topological polar surface area (TPSA) is 231 Å². The van der Waals surface area contributed by atoms with E-state index in [1.165, 1.54) is 89.9 Å². The van der Waals surface area contributed by atoms with E-state index >= 15 is 0 Å². The number of rotatable bonds is 72. The van der Waals surface area contributed by atoms with Gasteiger partial charge < -0.3 is 34.2 Å². The molecule has 0 aromatic heterocycles. The van der Waals surface area contributed by atoms with Crippen molar-refractivity contribution in [1.29, 1.82) is 0 Å². The fourth-order valence-corrected chi connectivity index (χ4v) is 11.5. The molecule has 0 spiro atoms. The number of esters is 3. The van der Waals surface area contributed by atoms with Gasteiger partial charge in [0.15, 0.2) is 6.10 Å². The van der Waals surface area contributed by atoms with Crippen LogP contribution in [-0.2, 0) is 55.8 Å². The van der Waals surface area contributed by atoms with Gasteiger partial charge in [-0.2, -0.15) is 0 Å². The Morgan fingerprint density at radius 3 is 0.901 bits per heavy atom. The number of phosphoric ester groups is 2. The number of hydrogen-bond donors (Lipinski definition) is 4. The van der Waals surface area contributed by atoms with Gasteiger partial charge in [-0.05, 0) is 135 Å². The van der Waals surface area contributed by atoms with Crippen molar-refractivity contribution in [3.8, 4) is 0 Å². The highest BCUT2D eigenvalue weighted by molar-refractivity contribution is 7.47. The van der Waals surface area contributed by atoms with Crippen LogP contribution in [0.4, 0.5) is 0 Å². The summed E-state index contributed by atoms with van der Waals surface area (Å²) in [6.45, 7) is 2.32. The number of phosphoric acid groups is 2. The van der Waals surface area contributed by atoms with E-state index in [1.54, 1.807) is 0 Å². The maximum Gasteiger partial charge on any atom is 0.472 e. The first-order valence-corrected chi connectivity index (χ1v) is 41.8. The Balaban J connectivity index is 4.47. The number of hydrogen-bond acceptors (Lipinski definition) is 14. The molecule has 101 heavy (non-hydrogen) atoms. The van der Waals surface area contributed by atoms with Crippen LogP contribution >= 0.6 is 15.6 Å². The second-order valence-electron chi connectivity index (χ2n) is 25.4. The minimum Gasteiger partial charge on any atom is -0.463 e. The first-order chi connectivity index (χ1) is 49.2. The lowest BCUT2D eigenvalue weighted by molar-refractivity contribution is -0.161. The van der Waals surface area contributed by atoms with Crippen LogP contribution in [0.2, 0.25) is 0 Å². The number of ether oxygens (including phenoxy) is 3. The van der Waals surface area contributed by atoms with Gasteiger partial charge >= 0.3 is 33.6 Å². The lowest BCUT2D eigenvalue weighted by Crippen LogP contribution is -2.30. The first-order valence-electron chi connectivity index (χ1n) is 38.8. The molecule has 0 heterocycles. The predicted molar refractivity (Wildman–Crippen MR) is 417 cm³/mol. The lowest BCUT2D eigenvalue weighted by atomic mass is 10.0. The molecular weight excluding hydrogens is 1310 g/mol. The summed E-state index contributed by atoms with van der Waals surface area (Å²) in [4.78, 5) is 58.5. The number of allylic oxidation sites excluding steroid dienone is 26. The second-order valence-corrected chi connectivity index (χ2v) is 28.3. The molecule has 18 heteroatoms.